The molecule has 4 heteroatoms. The fraction of sp³-hybridized carbons (Fsp3) is 0.0714. The first-order chi connectivity index (χ1) is 8.66. The van der Waals surface area contributed by atoms with Gasteiger partial charge in [0.1, 0.15) is 5.82 Å². The molecule has 0 fully saturated rings. The highest BCUT2D eigenvalue weighted by Gasteiger charge is 2.11. The number of halogens is 2. The van der Waals surface area contributed by atoms with E-state index in [0.717, 1.165) is 31.5 Å². The van der Waals surface area contributed by atoms with E-state index in [-0.39, 0.29) is 0 Å². The summed E-state index contributed by atoms with van der Waals surface area (Å²) in [6.45, 7) is 2.02. The molecule has 0 aliphatic carbocycles. The molecule has 0 saturated heterocycles. The molecule has 1 aromatic heterocycles. The first-order valence-electron chi connectivity index (χ1n) is 5.56. The molecule has 3 aromatic rings. The lowest BCUT2D eigenvalue weighted by molar-refractivity contribution is 1.00. The molecule has 0 aliphatic rings. The second-order valence-electron chi connectivity index (χ2n) is 4.09. The van der Waals surface area contributed by atoms with Gasteiger partial charge in [-0.25, -0.2) is 4.98 Å². The molecular formula is C14H10Br2N2. The van der Waals surface area contributed by atoms with Crippen LogP contribution in [-0.4, -0.2) is 9.55 Å². The molecule has 0 amide bonds. The van der Waals surface area contributed by atoms with E-state index < -0.39 is 0 Å². The molecule has 0 spiro atoms. The van der Waals surface area contributed by atoms with Crippen molar-refractivity contribution in [1.82, 2.24) is 9.55 Å². The lowest BCUT2D eigenvalue weighted by atomic mass is 10.3. The maximum atomic E-state index is 4.60. The molecule has 0 atom stereocenters. The van der Waals surface area contributed by atoms with Crippen molar-refractivity contribution in [2.24, 2.45) is 0 Å². The van der Waals surface area contributed by atoms with Gasteiger partial charge in [0.05, 0.1) is 11.0 Å². The summed E-state index contributed by atoms with van der Waals surface area (Å²) < 4.78 is 4.21. The van der Waals surface area contributed by atoms with Crippen molar-refractivity contribution in [1.29, 1.82) is 0 Å². The number of para-hydroxylation sites is 1. The molecule has 90 valence electrons. The molecule has 2 aromatic carbocycles. The zero-order valence-electron chi connectivity index (χ0n) is 9.69. The van der Waals surface area contributed by atoms with E-state index in [1.165, 1.54) is 0 Å². The van der Waals surface area contributed by atoms with Gasteiger partial charge in [-0.1, -0.05) is 18.2 Å². The molecule has 0 aliphatic heterocycles. The average Bonchev–Trinajstić information content (AvgIpc) is 2.66. The number of hydrogen-bond acceptors (Lipinski definition) is 1. The quantitative estimate of drug-likeness (QED) is 0.602. The number of fused-ring (bicyclic) bond motifs is 1. The van der Waals surface area contributed by atoms with Crippen LogP contribution in [0.25, 0.3) is 16.7 Å². The van der Waals surface area contributed by atoms with Gasteiger partial charge in [-0.15, -0.1) is 0 Å². The van der Waals surface area contributed by atoms with Crippen LogP contribution in [0.3, 0.4) is 0 Å². The smallest absolute Gasteiger partial charge is 0.111 e. The summed E-state index contributed by atoms with van der Waals surface area (Å²) >= 11 is 7.05. The molecule has 2 nitrogen and oxygen atoms in total. The minimum atomic E-state index is 0.987. The van der Waals surface area contributed by atoms with Crippen molar-refractivity contribution in [3.8, 4) is 5.69 Å². The number of aromatic nitrogens is 2. The highest BCUT2D eigenvalue weighted by Crippen LogP contribution is 2.30. The van der Waals surface area contributed by atoms with Gasteiger partial charge in [-0.05, 0) is 63.0 Å². The van der Waals surface area contributed by atoms with Crippen LogP contribution in [0.5, 0.6) is 0 Å². The van der Waals surface area contributed by atoms with Crippen molar-refractivity contribution >= 4 is 42.9 Å². The molecule has 3 rings (SSSR count). The van der Waals surface area contributed by atoms with E-state index in [9.17, 15) is 0 Å². The summed E-state index contributed by atoms with van der Waals surface area (Å²) in [5, 5.41) is 0. The predicted molar refractivity (Wildman–Crippen MR) is 81.2 cm³/mol. The summed E-state index contributed by atoms with van der Waals surface area (Å²) in [6.07, 6.45) is 0. The number of imidazole rings is 1. The lowest BCUT2D eigenvalue weighted by Crippen LogP contribution is -1.96. The van der Waals surface area contributed by atoms with Crippen LogP contribution in [0.2, 0.25) is 0 Å². The van der Waals surface area contributed by atoms with Gasteiger partial charge in [0.2, 0.25) is 0 Å². The van der Waals surface area contributed by atoms with E-state index in [4.69, 9.17) is 0 Å². The van der Waals surface area contributed by atoms with E-state index in [0.29, 0.717) is 0 Å². The Morgan fingerprint density at radius 3 is 2.39 bits per heavy atom. The standard InChI is InChI=1S/C14H10Br2N2/c1-9-17-13-7-11(15)12(16)8-14(13)18(9)10-5-3-2-4-6-10/h2-8H,1H3. The SMILES string of the molecule is Cc1nc2cc(Br)c(Br)cc2n1-c1ccccc1. The topological polar surface area (TPSA) is 17.8 Å². The van der Waals surface area contributed by atoms with E-state index in [2.05, 4.69) is 59.6 Å². The number of benzene rings is 2. The number of rotatable bonds is 1. The highest BCUT2D eigenvalue weighted by atomic mass is 79.9. The number of nitrogens with zero attached hydrogens (tertiary/aromatic N) is 2. The molecule has 0 unspecified atom stereocenters. The summed E-state index contributed by atoms with van der Waals surface area (Å²) in [5.74, 6) is 0.987. The Balaban J connectivity index is 2.36. The summed E-state index contributed by atoms with van der Waals surface area (Å²) in [5.41, 5.74) is 3.23. The van der Waals surface area contributed by atoms with Gasteiger partial charge in [-0.3, -0.25) is 4.57 Å². The number of aryl methyl sites for hydroxylation is 1. The van der Waals surface area contributed by atoms with Gasteiger partial charge < -0.3 is 0 Å². The van der Waals surface area contributed by atoms with Crippen LogP contribution in [0.15, 0.2) is 51.4 Å². The van der Waals surface area contributed by atoms with E-state index in [1.807, 2.05) is 31.2 Å². The minimum absolute atomic E-state index is 0.987. The third-order valence-corrected chi connectivity index (χ3v) is 4.72. The van der Waals surface area contributed by atoms with Crippen molar-refractivity contribution in [2.75, 3.05) is 0 Å². The van der Waals surface area contributed by atoms with Crippen molar-refractivity contribution in [3.05, 3.63) is 57.2 Å². The largest absolute Gasteiger partial charge is 0.296 e. The fourth-order valence-electron chi connectivity index (χ4n) is 2.10. The van der Waals surface area contributed by atoms with E-state index >= 15 is 0 Å². The maximum Gasteiger partial charge on any atom is 0.111 e. The molecule has 0 N–H and O–H groups in total. The molecule has 0 saturated carbocycles. The zero-order chi connectivity index (χ0) is 12.7. The van der Waals surface area contributed by atoms with Crippen LogP contribution in [0.1, 0.15) is 5.82 Å². The normalized spacial score (nSPS) is 11.1. The van der Waals surface area contributed by atoms with Gasteiger partial charge in [0.25, 0.3) is 0 Å². The summed E-state index contributed by atoms with van der Waals surface area (Å²) in [6, 6.07) is 14.4. The average molecular weight is 366 g/mol. The predicted octanol–water partition coefficient (Wildman–Crippen LogP) is 4.86. The van der Waals surface area contributed by atoms with Gasteiger partial charge in [0.15, 0.2) is 0 Å². The van der Waals surface area contributed by atoms with Crippen LogP contribution in [-0.2, 0) is 0 Å². The van der Waals surface area contributed by atoms with Crippen LogP contribution < -0.4 is 0 Å². The Hall–Kier alpha value is -1.13. The fourth-order valence-corrected chi connectivity index (χ4v) is 2.76. The molecular weight excluding hydrogens is 356 g/mol. The Labute approximate surface area is 122 Å². The second-order valence-corrected chi connectivity index (χ2v) is 5.79. The highest BCUT2D eigenvalue weighted by molar-refractivity contribution is 9.13. The van der Waals surface area contributed by atoms with E-state index in [1.54, 1.807) is 0 Å². The van der Waals surface area contributed by atoms with Gasteiger partial charge >= 0.3 is 0 Å². The monoisotopic (exact) mass is 364 g/mol. The Bertz CT molecular complexity index is 717. The summed E-state index contributed by atoms with van der Waals surface area (Å²) in [7, 11) is 0. The Kier molecular flexibility index (Phi) is 2.99. The lowest BCUT2D eigenvalue weighted by Gasteiger charge is -2.06. The third-order valence-electron chi connectivity index (χ3n) is 2.88. The second kappa shape index (κ2) is 4.52. The first-order valence-corrected chi connectivity index (χ1v) is 7.15. The Morgan fingerprint density at radius 2 is 1.67 bits per heavy atom. The summed E-state index contributed by atoms with van der Waals surface area (Å²) in [4.78, 5) is 4.60. The molecule has 0 radical (unpaired) electrons. The van der Waals surface area contributed by atoms with Crippen LogP contribution >= 0.6 is 31.9 Å². The van der Waals surface area contributed by atoms with Crippen LogP contribution in [0.4, 0.5) is 0 Å². The minimum Gasteiger partial charge on any atom is -0.296 e. The van der Waals surface area contributed by atoms with Crippen molar-refractivity contribution in [3.63, 3.8) is 0 Å². The molecule has 18 heavy (non-hydrogen) atoms. The first kappa shape index (κ1) is 11.9. The zero-order valence-corrected chi connectivity index (χ0v) is 12.9. The number of hydrogen-bond donors (Lipinski definition) is 0. The molecule has 0 bridgehead atoms. The van der Waals surface area contributed by atoms with Crippen LogP contribution in [0, 0.1) is 6.92 Å². The Morgan fingerprint density at radius 1 is 1.00 bits per heavy atom. The van der Waals surface area contributed by atoms with Gasteiger partial charge in [-0.2, -0.15) is 0 Å². The third kappa shape index (κ3) is 1.89. The van der Waals surface area contributed by atoms with Gasteiger partial charge in [0, 0.05) is 14.6 Å². The van der Waals surface area contributed by atoms with Crippen molar-refractivity contribution in [2.45, 2.75) is 6.92 Å². The van der Waals surface area contributed by atoms with Crippen molar-refractivity contribution < 1.29 is 0 Å². The maximum absolute atomic E-state index is 4.60. The molecule has 1 heterocycles.